The molecular formula is C27H39N7O4S3. The summed E-state index contributed by atoms with van der Waals surface area (Å²) in [6.45, 7) is 9.05. The normalized spacial score (nSPS) is 15.8. The molecule has 41 heavy (non-hydrogen) atoms. The van der Waals surface area contributed by atoms with Crippen molar-refractivity contribution in [3.8, 4) is 0 Å². The van der Waals surface area contributed by atoms with Crippen LogP contribution in [0.25, 0.3) is 0 Å². The minimum atomic E-state index is -0.744. The van der Waals surface area contributed by atoms with Gasteiger partial charge in [-0.1, -0.05) is 67.3 Å². The zero-order valence-electron chi connectivity index (χ0n) is 24.3. The van der Waals surface area contributed by atoms with Crippen LogP contribution in [0.3, 0.4) is 0 Å². The van der Waals surface area contributed by atoms with Crippen LogP contribution in [-0.2, 0) is 27.2 Å². The van der Waals surface area contributed by atoms with E-state index in [2.05, 4.69) is 31.2 Å². The van der Waals surface area contributed by atoms with E-state index in [1.54, 1.807) is 20.8 Å². The second kappa shape index (κ2) is 15.4. The molecule has 11 nitrogen and oxygen atoms in total. The second-order valence-corrected chi connectivity index (χ2v) is 14.2. The number of carbonyl (C=O) groups excluding carboxylic acids is 3. The van der Waals surface area contributed by atoms with Crippen LogP contribution in [0, 0.1) is 5.92 Å². The highest BCUT2D eigenvalue weighted by atomic mass is 32.2. The maximum absolute atomic E-state index is 12.9. The van der Waals surface area contributed by atoms with Gasteiger partial charge in [-0.2, -0.15) is 16.9 Å². The Morgan fingerprint density at radius 2 is 1.83 bits per heavy atom. The van der Waals surface area contributed by atoms with Crippen LogP contribution in [0.5, 0.6) is 0 Å². The lowest BCUT2D eigenvalue weighted by Gasteiger charge is -2.25. The number of amidine groups is 1. The van der Waals surface area contributed by atoms with Crippen molar-refractivity contribution in [2.75, 3.05) is 23.9 Å². The second-order valence-electron chi connectivity index (χ2n) is 10.8. The molecule has 2 aromatic rings. The molecule has 1 aliphatic rings. The van der Waals surface area contributed by atoms with Gasteiger partial charge in [0.25, 0.3) is 0 Å². The molecular weight excluding hydrogens is 583 g/mol. The highest BCUT2D eigenvalue weighted by Gasteiger charge is 2.31. The van der Waals surface area contributed by atoms with Gasteiger partial charge in [0.05, 0.1) is 6.42 Å². The molecule has 0 saturated carbocycles. The lowest BCUT2D eigenvalue weighted by molar-refractivity contribution is -0.122. The van der Waals surface area contributed by atoms with E-state index in [1.165, 1.54) is 23.1 Å². The van der Waals surface area contributed by atoms with E-state index in [-0.39, 0.29) is 23.1 Å². The number of nitrogens with one attached hydrogen (secondary N) is 3. The number of benzene rings is 1. The largest absolute Gasteiger partial charge is 0.444 e. The summed E-state index contributed by atoms with van der Waals surface area (Å²) < 4.78 is 5.30. The fraction of sp³-hybridized carbons (Fsp3) is 0.556. The number of carbonyl (C=O) groups is 3. The summed E-state index contributed by atoms with van der Waals surface area (Å²) in [5.41, 5.74) is 0.300. The van der Waals surface area contributed by atoms with E-state index in [4.69, 9.17) is 4.74 Å². The van der Waals surface area contributed by atoms with Crippen molar-refractivity contribution in [3.05, 3.63) is 40.9 Å². The zero-order chi connectivity index (χ0) is 30.0. The van der Waals surface area contributed by atoms with Gasteiger partial charge in [-0.25, -0.2) is 4.79 Å². The molecule has 1 aliphatic heterocycles. The molecule has 3 rings (SSSR count). The molecule has 0 radical (unpaired) electrons. The van der Waals surface area contributed by atoms with E-state index in [1.807, 2.05) is 68.0 Å². The number of rotatable bonds is 12. The molecule has 0 fully saturated rings. The summed E-state index contributed by atoms with van der Waals surface area (Å²) in [7, 11) is 1.88. The first-order valence-electron chi connectivity index (χ1n) is 13.4. The Morgan fingerprint density at radius 3 is 2.51 bits per heavy atom. The SMILES string of the molecule is CC(C)[C@H](NC(=O)OC(C)(C)C)C(=O)NC1=NN(C)C(CCSCCc2nnc(NC(=O)Cc3ccccc3)s2)S1. The number of amides is 3. The van der Waals surface area contributed by atoms with Crippen LogP contribution in [0.4, 0.5) is 9.93 Å². The molecule has 0 aliphatic carbocycles. The van der Waals surface area contributed by atoms with Gasteiger partial charge in [-0.3, -0.25) is 14.6 Å². The Labute approximate surface area is 254 Å². The van der Waals surface area contributed by atoms with Crippen molar-refractivity contribution in [1.82, 2.24) is 25.8 Å². The Kier molecular flexibility index (Phi) is 12.3. The number of hydrogen-bond donors (Lipinski definition) is 3. The van der Waals surface area contributed by atoms with Gasteiger partial charge in [-0.15, -0.1) is 10.2 Å². The monoisotopic (exact) mass is 621 g/mol. The number of hydrogen-bond acceptors (Lipinski definition) is 11. The Hall–Kier alpha value is -2.84. The molecule has 0 saturated heterocycles. The standard InChI is InChI=1S/C27H39N7O4S3/c1-17(2)22(29-26(37)38-27(3,4)5)23(36)30-25-33-34(6)21(41-25)13-15-39-14-12-20-31-32-24(40-20)28-19(35)16-18-10-8-7-9-11-18/h7-11,17,21-22H,12-16H2,1-6H3,(H,29,37)(H,28,32,35)(H,30,33,36)/t21?,22-/m0/s1. The summed E-state index contributed by atoms with van der Waals surface area (Å²) in [4.78, 5) is 37.3. The van der Waals surface area contributed by atoms with Crippen LogP contribution < -0.4 is 16.0 Å². The number of alkyl carbamates (subject to hydrolysis) is 1. The van der Waals surface area contributed by atoms with E-state index in [9.17, 15) is 14.4 Å². The molecule has 1 aromatic heterocycles. The smallest absolute Gasteiger partial charge is 0.408 e. The van der Waals surface area contributed by atoms with Gasteiger partial charge >= 0.3 is 6.09 Å². The Bertz CT molecular complexity index is 1200. The highest BCUT2D eigenvalue weighted by Crippen LogP contribution is 2.28. The van der Waals surface area contributed by atoms with Crippen LogP contribution in [0.1, 0.15) is 51.6 Å². The first kappa shape index (κ1) is 32.7. The van der Waals surface area contributed by atoms with Crippen molar-refractivity contribution in [3.63, 3.8) is 0 Å². The first-order chi connectivity index (χ1) is 19.4. The van der Waals surface area contributed by atoms with E-state index in [0.29, 0.717) is 16.7 Å². The number of ether oxygens (including phenoxy) is 1. The lowest BCUT2D eigenvalue weighted by Crippen LogP contribution is -2.51. The van der Waals surface area contributed by atoms with Crippen LogP contribution >= 0.6 is 34.9 Å². The number of hydrazone groups is 1. The summed E-state index contributed by atoms with van der Waals surface area (Å²) in [5.74, 6) is 1.23. The average Bonchev–Trinajstić information content (AvgIpc) is 3.46. The van der Waals surface area contributed by atoms with Gasteiger partial charge in [-0.05, 0) is 50.2 Å². The number of aromatic nitrogens is 2. The molecule has 1 aromatic carbocycles. The van der Waals surface area contributed by atoms with Crippen molar-refractivity contribution < 1.29 is 19.1 Å². The quantitative estimate of drug-likeness (QED) is 0.296. The van der Waals surface area contributed by atoms with E-state index < -0.39 is 17.7 Å². The summed E-state index contributed by atoms with van der Waals surface area (Å²) in [6.07, 6.45) is 1.31. The van der Waals surface area contributed by atoms with Gasteiger partial charge in [0.15, 0.2) is 5.17 Å². The van der Waals surface area contributed by atoms with Gasteiger partial charge < -0.3 is 20.7 Å². The van der Waals surface area contributed by atoms with Crippen molar-refractivity contribution in [2.24, 2.45) is 11.0 Å². The third-order valence-corrected chi connectivity index (χ3v) is 8.79. The van der Waals surface area contributed by atoms with Crippen molar-refractivity contribution >= 4 is 63.1 Å². The van der Waals surface area contributed by atoms with E-state index >= 15 is 0 Å². The highest BCUT2D eigenvalue weighted by molar-refractivity contribution is 8.14. The fourth-order valence-electron chi connectivity index (χ4n) is 3.68. The molecule has 0 bridgehead atoms. The summed E-state index contributed by atoms with van der Waals surface area (Å²) in [5, 5.41) is 25.0. The van der Waals surface area contributed by atoms with Crippen LogP contribution in [0.2, 0.25) is 0 Å². The number of anilines is 1. The minimum absolute atomic E-state index is 0.0991. The van der Waals surface area contributed by atoms with E-state index in [0.717, 1.165) is 34.9 Å². The maximum Gasteiger partial charge on any atom is 0.408 e. The minimum Gasteiger partial charge on any atom is -0.444 e. The maximum atomic E-state index is 12.9. The van der Waals surface area contributed by atoms with Gasteiger partial charge in [0.2, 0.25) is 16.9 Å². The Balaban J connectivity index is 1.34. The summed E-state index contributed by atoms with van der Waals surface area (Å²) >= 11 is 4.70. The molecule has 2 atom stereocenters. The van der Waals surface area contributed by atoms with Crippen LogP contribution in [-0.4, -0.2) is 73.9 Å². The predicted molar refractivity (Wildman–Crippen MR) is 167 cm³/mol. The lowest BCUT2D eigenvalue weighted by atomic mass is 10.0. The predicted octanol–water partition coefficient (Wildman–Crippen LogP) is 4.33. The van der Waals surface area contributed by atoms with Crippen molar-refractivity contribution in [1.29, 1.82) is 0 Å². The molecule has 2 heterocycles. The molecule has 224 valence electrons. The summed E-state index contributed by atoms with van der Waals surface area (Å²) in [6, 6.07) is 8.83. The van der Waals surface area contributed by atoms with Crippen LogP contribution in [0.15, 0.2) is 35.4 Å². The average molecular weight is 622 g/mol. The van der Waals surface area contributed by atoms with Crippen molar-refractivity contribution in [2.45, 2.75) is 70.9 Å². The molecule has 3 N–H and O–H groups in total. The Morgan fingerprint density at radius 1 is 1.10 bits per heavy atom. The fourth-order valence-corrected chi connectivity index (χ4v) is 6.68. The zero-order valence-corrected chi connectivity index (χ0v) is 26.8. The number of aryl methyl sites for hydroxylation is 1. The van der Waals surface area contributed by atoms with Gasteiger partial charge in [0, 0.05) is 13.5 Å². The third-order valence-electron chi connectivity index (χ3n) is 5.65. The molecule has 0 spiro atoms. The molecule has 1 unspecified atom stereocenters. The number of nitrogens with zero attached hydrogens (tertiary/aromatic N) is 4. The topological polar surface area (TPSA) is 138 Å². The van der Waals surface area contributed by atoms with Gasteiger partial charge in [0.1, 0.15) is 22.0 Å². The first-order valence-corrected chi connectivity index (χ1v) is 16.3. The molecule has 3 amide bonds. The third kappa shape index (κ3) is 11.5. The molecule has 14 heteroatoms. The number of thioether (sulfide) groups is 2.